The molecule has 0 atom stereocenters. The van der Waals surface area contributed by atoms with Gasteiger partial charge in [0.1, 0.15) is 5.75 Å². The minimum atomic E-state index is 0.199. The summed E-state index contributed by atoms with van der Waals surface area (Å²) in [5.74, 6) is 0.199. The average molecular weight is 242 g/mol. The van der Waals surface area contributed by atoms with Gasteiger partial charge in [-0.3, -0.25) is 4.98 Å². The van der Waals surface area contributed by atoms with Crippen molar-refractivity contribution in [2.75, 3.05) is 5.32 Å². The molecule has 2 N–H and O–H groups in total. The van der Waals surface area contributed by atoms with Crippen LogP contribution in [0, 0.1) is 0 Å². The summed E-state index contributed by atoms with van der Waals surface area (Å²) in [5.41, 5.74) is 3.41. The standard InChI is InChI=1S/C15H18N2O/c1-2-5-12-6-3-4-7-15(12)17-10-13-8-9-14(18)11-16-13/h3-4,6-9,11,17-18H,2,5,10H2,1H3. The highest BCUT2D eigenvalue weighted by Gasteiger charge is 2.01. The fourth-order valence-corrected chi connectivity index (χ4v) is 1.89. The van der Waals surface area contributed by atoms with E-state index in [0.29, 0.717) is 6.54 Å². The second kappa shape index (κ2) is 6.05. The third kappa shape index (κ3) is 3.23. The lowest BCUT2D eigenvalue weighted by Gasteiger charge is -2.11. The Kier molecular flexibility index (Phi) is 4.18. The first-order chi connectivity index (χ1) is 8.79. The van der Waals surface area contributed by atoms with Crippen molar-refractivity contribution in [2.45, 2.75) is 26.3 Å². The number of pyridine rings is 1. The number of nitrogens with one attached hydrogen (secondary N) is 1. The highest BCUT2D eigenvalue weighted by molar-refractivity contribution is 5.51. The van der Waals surface area contributed by atoms with E-state index in [2.05, 4.69) is 35.4 Å². The number of para-hydroxylation sites is 1. The monoisotopic (exact) mass is 242 g/mol. The van der Waals surface area contributed by atoms with Gasteiger partial charge in [0.25, 0.3) is 0 Å². The predicted molar refractivity (Wildman–Crippen MR) is 73.7 cm³/mol. The maximum absolute atomic E-state index is 9.17. The summed E-state index contributed by atoms with van der Waals surface area (Å²) in [5, 5.41) is 12.6. The quantitative estimate of drug-likeness (QED) is 0.845. The van der Waals surface area contributed by atoms with Crippen molar-refractivity contribution in [3.63, 3.8) is 0 Å². The second-order valence-electron chi connectivity index (χ2n) is 4.27. The molecule has 0 aliphatic carbocycles. The van der Waals surface area contributed by atoms with Gasteiger partial charge in [-0.25, -0.2) is 0 Å². The molecule has 0 saturated carbocycles. The molecule has 3 heteroatoms. The first kappa shape index (κ1) is 12.4. The first-order valence-corrected chi connectivity index (χ1v) is 6.25. The van der Waals surface area contributed by atoms with Crippen molar-refractivity contribution in [3.05, 3.63) is 53.9 Å². The third-order valence-electron chi connectivity index (χ3n) is 2.81. The van der Waals surface area contributed by atoms with E-state index in [0.717, 1.165) is 24.2 Å². The largest absolute Gasteiger partial charge is 0.506 e. The number of nitrogens with zero attached hydrogens (tertiary/aromatic N) is 1. The Labute approximate surface area is 108 Å². The van der Waals surface area contributed by atoms with Crippen LogP contribution in [0.25, 0.3) is 0 Å². The van der Waals surface area contributed by atoms with Gasteiger partial charge in [-0.05, 0) is 30.2 Å². The summed E-state index contributed by atoms with van der Waals surface area (Å²) in [6.45, 7) is 2.85. The topological polar surface area (TPSA) is 45.1 Å². The number of rotatable bonds is 5. The van der Waals surface area contributed by atoms with Gasteiger partial charge in [-0.2, -0.15) is 0 Å². The first-order valence-electron chi connectivity index (χ1n) is 6.25. The van der Waals surface area contributed by atoms with Gasteiger partial charge in [-0.1, -0.05) is 31.5 Å². The normalized spacial score (nSPS) is 10.3. The molecule has 0 aliphatic rings. The minimum absolute atomic E-state index is 0.199. The Hall–Kier alpha value is -2.03. The maximum atomic E-state index is 9.17. The molecule has 0 amide bonds. The van der Waals surface area contributed by atoms with Crippen LogP contribution in [-0.4, -0.2) is 10.1 Å². The Bertz CT molecular complexity index is 494. The molecule has 2 rings (SSSR count). The molecule has 18 heavy (non-hydrogen) atoms. The van der Waals surface area contributed by atoms with Gasteiger partial charge in [0.2, 0.25) is 0 Å². The number of benzene rings is 1. The Balaban J connectivity index is 2.03. The zero-order valence-corrected chi connectivity index (χ0v) is 10.6. The fourth-order valence-electron chi connectivity index (χ4n) is 1.89. The summed E-state index contributed by atoms with van der Waals surface area (Å²) in [4.78, 5) is 4.16. The van der Waals surface area contributed by atoms with Gasteiger partial charge in [0, 0.05) is 5.69 Å². The van der Waals surface area contributed by atoms with Crippen LogP contribution in [-0.2, 0) is 13.0 Å². The summed E-state index contributed by atoms with van der Waals surface area (Å²) in [7, 11) is 0. The Morgan fingerprint density at radius 1 is 1.17 bits per heavy atom. The molecule has 0 unspecified atom stereocenters. The van der Waals surface area contributed by atoms with Crippen LogP contribution in [0.5, 0.6) is 5.75 Å². The highest BCUT2D eigenvalue weighted by Crippen LogP contribution is 2.17. The van der Waals surface area contributed by atoms with Crippen LogP contribution in [0.1, 0.15) is 24.6 Å². The zero-order chi connectivity index (χ0) is 12.8. The van der Waals surface area contributed by atoms with Crippen molar-refractivity contribution >= 4 is 5.69 Å². The summed E-state index contributed by atoms with van der Waals surface area (Å²) >= 11 is 0. The molecular formula is C15H18N2O. The number of aryl methyl sites for hydroxylation is 1. The van der Waals surface area contributed by atoms with Crippen LogP contribution in [0.3, 0.4) is 0 Å². The zero-order valence-electron chi connectivity index (χ0n) is 10.6. The van der Waals surface area contributed by atoms with Crippen LogP contribution in [0.2, 0.25) is 0 Å². The minimum Gasteiger partial charge on any atom is -0.506 e. The lowest BCUT2D eigenvalue weighted by Crippen LogP contribution is -2.03. The highest BCUT2D eigenvalue weighted by atomic mass is 16.3. The molecule has 1 heterocycles. The van der Waals surface area contributed by atoms with E-state index in [1.54, 1.807) is 6.07 Å². The van der Waals surface area contributed by atoms with E-state index in [1.165, 1.54) is 11.8 Å². The lowest BCUT2D eigenvalue weighted by molar-refractivity contribution is 0.472. The van der Waals surface area contributed by atoms with E-state index in [1.807, 2.05) is 12.1 Å². The van der Waals surface area contributed by atoms with Gasteiger partial charge in [-0.15, -0.1) is 0 Å². The van der Waals surface area contributed by atoms with E-state index in [4.69, 9.17) is 0 Å². The van der Waals surface area contributed by atoms with Gasteiger partial charge < -0.3 is 10.4 Å². The molecule has 94 valence electrons. The van der Waals surface area contributed by atoms with Crippen LogP contribution in [0.4, 0.5) is 5.69 Å². The Morgan fingerprint density at radius 3 is 2.72 bits per heavy atom. The molecule has 0 radical (unpaired) electrons. The smallest absolute Gasteiger partial charge is 0.133 e. The number of anilines is 1. The molecule has 0 saturated heterocycles. The Morgan fingerprint density at radius 2 is 2.00 bits per heavy atom. The van der Waals surface area contributed by atoms with Crippen molar-refractivity contribution in [2.24, 2.45) is 0 Å². The van der Waals surface area contributed by atoms with E-state index in [-0.39, 0.29) is 5.75 Å². The summed E-state index contributed by atoms with van der Waals surface area (Å²) in [6.07, 6.45) is 3.68. The molecule has 2 aromatic rings. The molecule has 1 aromatic carbocycles. The lowest BCUT2D eigenvalue weighted by atomic mass is 10.1. The number of aromatic hydroxyl groups is 1. The molecule has 0 aliphatic heterocycles. The second-order valence-corrected chi connectivity index (χ2v) is 4.27. The van der Waals surface area contributed by atoms with Gasteiger partial charge in [0.15, 0.2) is 0 Å². The summed E-state index contributed by atoms with van der Waals surface area (Å²) < 4.78 is 0. The number of hydrogen-bond donors (Lipinski definition) is 2. The maximum Gasteiger partial charge on any atom is 0.133 e. The van der Waals surface area contributed by atoms with Crippen LogP contribution < -0.4 is 5.32 Å². The molecular weight excluding hydrogens is 224 g/mol. The molecule has 3 nitrogen and oxygen atoms in total. The average Bonchev–Trinajstić information content (AvgIpc) is 2.40. The van der Waals surface area contributed by atoms with Crippen molar-refractivity contribution < 1.29 is 5.11 Å². The predicted octanol–water partition coefficient (Wildman–Crippen LogP) is 3.35. The van der Waals surface area contributed by atoms with Gasteiger partial charge >= 0.3 is 0 Å². The van der Waals surface area contributed by atoms with Crippen LogP contribution >= 0.6 is 0 Å². The van der Waals surface area contributed by atoms with Gasteiger partial charge in [0.05, 0.1) is 18.4 Å². The van der Waals surface area contributed by atoms with Crippen LogP contribution in [0.15, 0.2) is 42.6 Å². The number of aromatic nitrogens is 1. The van der Waals surface area contributed by atoms with E-state index in [9.17, 15) is 5.11 Å². The van der Waals surface area contributed by atoms with Crippen molar-refractivity contribution in [1.82, 2.24) is 4.98 Å². The van der Waals surface area contributed by atoms with Crippen molar-refractivity contribution in [3.8, 4) is 5.75 Å². The molecule has 0 fully saturated rings. The van der Waals surface area contributed by atoms with E-state index >= 15 is 0 Å². The molecule has 1 aromatic heterocycles. The van der Waals surface area contributed by atoms with Crippen molar-refractivity contribution in [1.29, 1.82) is 0 Å². The third-order valence-corrected chi connectivity index (χ3v) is 2.81. The molecule has 0 spiro atoms. The molecule has 0 bridgehead atoms. The fraction of sp³-hybridized carbons (Fsp3) is 0.267. The van der Waals surface area contributed by atoms with E-state index < -0.39 is 0 Å². The number of hydrogen-bond acceptors (Lipinski definition) is 3. The SMILES string of the molecule is CCCc1ccccc1NCc1ccc(O)cn1. The summed E-state index contributed by atoms with van der Waals surface area (Å²) in [6, 6.07) is 11.8.